The van der Waals surface area contributed by atoms with E-state index < -0.39 is 18.9 Å². The Bertz CT molecular complexity index is 382. The molecule has 0 aromatic rings. The molecule has 22 heavy (non-hydrogen) atoms. The summed E-state index contributed by atoms with van der Waals surface area (Å²) in [7, 11) is 0. The smallest absolute Gasteiger partial charge is 0.308 e. The largest absolute Gasteiger partial charge is 0.436 e. The van der Waals surface area contributed by atoms with Gasteiger partial charge >= 0.3 is 5.97 Å². The molecule has 1 aliphatic carbocycles. The molecule has 0 spiro atoms. The van der Waals surface area contributed by atoms with Crippen molar-refractivity contribution in [1.29, 1.82) is 0 Å². The zero-order chi connectivity index (χ0) is 15.7. The van der Waals surface area contributed by atoms with Gasteiger partial charge in [-0.1, -0.05) is 0 Å². The highest BCUT2D eigenvalue weighted by Crippen LogP contribution is 2.43. The Balaban J connectivity index is 1.51. The maximum Gasteiger partial charge on any atom is 0.308 e. The van der Waals surface area contributed by atoms with Gasteiger partial charge in [0.25, 0.3) is 0 Å². The van der Waals surface area contributed by atoms with E-state index in [4.69, 9.17) is 9.47 Å². The minimum absolute atomic E-state index is 0.225. The number of rotatable bonds is 2. The molecule has 2 aliphatic heterocycles. The molecule has 0 amide bonds. The van der Waals surface area contributed by atoms with Crippen LogP contribution in [0.1, 0.15) is 51.4 Å². The topological polar surface area (TPSA) is 96.2 Å². The normalized spacial score (nSPS) is 47.0. The second-order valence-corrected chi connectivity index (χ2v) is 7.10. The Morgan fingerprint density at radius 2 is 1.23 bits per heavy atom. The van der Waals surface area contributed by atoms with Crippen LogP contribution in [0, 0.1) is 23.7 Å². The lowest BCUT2D eigenvalue weighted by Gasteiger charge is -2.41. The number of carbonyl (C=O) groups excluding carboxylic acids is 1. The molecule has 0 bridgehead atoms. The van der Waals surface area contributed by atoms with E-state index in [0.29, 0.717) is 43.4 Å². The lowest BCUT2D eigenvalue weighted by molar-refractivity contribution is -0.249. The molecule has 0 radical (unpaired) electrons. The molecule has 0 aromatic carbocycles. The Morgan fingerprint density at radius 3 is 1.77 bits per heavy atom. The van der Waals surface area contributed by atoms with Crippen LogP contribution in [0.15, 0.2) is 0 Å². The summed E-state index contributed by atoms with van der Waals surface area (Å²) in [6, 6.07) is 0. The molecule has 3 aliphatic rings. The molecule has 3 fully saturated rings. The average Bonchev–Trinajstić information content (AvgIpc) is 2.45. The molecule has 2 heterocycles. The van der Waals surface area contributed by atoms with Crippen molar-refractivity contribution in [2.45, 2.75) is 70.2 Å². The molecule has 3 rings (SSSR count). The van der Waals surface area contributed by atoms with Crippen LogP contribution in [0.2, 0.25) is 0 Å². The molecule has 4 unspecified atom stereocenters. The van der Waals surface area contributed by atoms with Gasteiger partial charge < -0.3 is 24.8 Å². The molecule has 126 valence electrons. The summed E-state index contributed by atoms with van der Waals surface area (Å²) < 4.78 is 9.77. The molecule has 2 saturated heterocycles. The molecular formula is C16H26O6. The van der Waals surface area contributed by atoms with E-state index in [1.165, 1.54) is 0 Å². The first-order valence-corrected chi connectivity index (χ1v) is 8.40. The molecule has 0 aromatic heterocycles. The highest BCUT2D eigenvalue weighted by atomic mass is 16.7. The van der Waals surface area contributed by atoms with E-state index in [2.05, 4.69) is 0 Å². The van der Waals surface area contributed by atoms with Crippen molar-refractivity contribution in [1.82, 2.24) is 0 Å². The van der Waals surface area contributed by atoms with Gasteiger partial charge in [0, 0.05) is 25.7 Å². The van der Waals surface area contributed by atoms with Gasteiger partial charge in [0.05, 0.1) is 0 Å². The van der Waals surface area contributed by atoms with Crippen LogP contribution in [0.3, 0.4) is 0 Å². The molecule has 1 saturated carbocycles. The van der Waals surface area contributed by atoms with Gasteiger partial charge in [-0.05, 0) is 49.4 Å². The van der Waals surface area contributed by atoms with Crippen LogP contribution < -0.4 is 0 Å². The lowest BCUT2D eigenvalue weighted by Crippen LogP contribution is -2.38. The fourth-order valence-corrected chi connectivity index (χ4v) is 4.54. The summed E-state index contributed by atoms with van der Waals surface area (Å²) in [6.45, 7) is 0. The summed E-state index contributed by atoms with van der Waals surface area (Å²) in [5, 5.41) is 28.8. The highest BCUT2D eigenvalue weighted by Gasteiger charge is 2.38. The van der Waals surface area contributed by atoms with Gasteiger partial charge in [0.2, 0.25) is 6.29 Å². The monoisotopic (exact) mass is 314 g/mol. The average molecular weight is 314 g/mol. The van der Waals surface area contributed by atoms with Crippen molar-refractivity contribution >= 4 is 5.97 Å². The summed E-state index contributed by atoms with van der Waals surface area (Å²) >= 11 is 0. The quantitative estimate of drug-likeness (QED) is 0.661. The van der Waals surface area contributed by atoms with Gasteiger partial charge in [-0.2, -0.15) is 0 Å². The number of carbonyl (C=O) groups is 1. The number of hydrogen-bond acceptors (Lipinski definition) is 6. The number of hydrogen-bond donors (Lipinski definition) is 3. The fraction of sp³-hybridized carbons (Fsp3) is 0.938. The Hall–Kier alpha value is -0.690. The van der Waals surface area contributed by atoms with E-state index in [1.54, 1.807) is 0 Å². The Kier molecular flexibility index (Phi) is 5.02. The van der Waals surface area contributed by atoms with Crippen molar-refractivity contribution in [3.05, 3.63) is 0 Å². The van der Waals surface area contributed by atoms with Crippen molar-refractivity contribution in [2.24, 2.45) is 23.7 Å². The molecule has 4 atom stereocenters. The first-order chi connectivity index (χ1) is 10.5. The van der Waals surface area contributed by atoms with Crippen LogP contribution >= 0.6 is 0 Å². The summed E-state index contributed by atoms with van der Waals surface area (Å²) in [4.78, 5) is 11.5. The van der Waals surface area contributed by atoms with Crippen molar-refractivity contribution < 1.29 is 29.6 Å². The van der Waals surface area contributed by atoms with Crippen LogP contribution in [0.4, 0.5) is 0 Å². The number of aliphatic hydroxyl groups excluding tert-OH is 3. The molecule has 3 N–H and O–H groups in total. The second-order valence-electron chi connectivity index (χ2n) is 7.10. The Morgan fingerprint density at radius 1 is 0.727 bits per heavy atom. The summed E-state index contributed by atoms with van der Waals surface area (Å²) in [5.41, 5.74) is 0. The number of aliphatic hydroxyl groups is 3. The summed E-state index contributed by atoms with van der Waals surface area (Å²) in [6.07, 6.45) is 3.71. The molecule has 6 heteroatoms. The van der Waals surface area contributed by atoms with E-state index in [9.17, 15) is 20.1 Å². The molecule has 6 nitrogen and oxygen atoms in total. The number of esters is 1. The minimum Gasteiger partial charge on any atom is -0.436 e. The van der Waals surface area contributed by atoms with Gasteiger partial charge in [0.15, 0.2) is 12.6 Å². The third-order valence-corrected chi connectivity index (χ3v) is 5.67. The molecular weight excluding hydrogens is 288 g/mol. The SMILES string of the molecule is O=C1CC(C2CCC(C3CC(O)OC(O)C3)CC2)CC(O)O1. The predicted molar refractivity (Wildman–Crippen MR) is 76.1 cm³/mol. The maximum absolute atomic E-state index is 11.5. The third-order valence-electron chi connectivity index (χ3n) is 5.67. The lowest BCUT2D eigenvalue weighted by atomic mass is 9.68. The zero-order valence-electron chi connectivity index (χ0n) is 12.8. The van der Waals surface area contributed by atoms with Crippen molar-refractivity contribution in [3.8, 4) is 0 Å². The van der Waals surface area contributed by atoms with Crippen LogP contribution in [0.5, 0.6) is 0 Å². The summed E-state index contributed by atoms with van der Waals surface area (Å²) in [5.74, 6) is 1.21. The first-order valence-electron chi connectivity index (χ1n) is 8.40. The third kappa shape index (κ3) is 3.79. The number of cyclic esters (lactones) is 1. The van der Waals surface area contributed by atoms with Crippen molar-refractivity contribution in [3.63, 3.8) is 0 Å². The predicted octanol–water partition coefficient (Wildman–Crippen LogP) is 1.13. The Labute approximate surface area is 130 Å². The first kappa shape index (κ1) is 16.2. The van der Waals surface area contributed by atoms with Gasteiger partial charge in [0.1, 0.15) is 0 Å². The minimum atomic E-state index is -0.940. The maximum atomic E-state index is 11.5. The zero-order valence-corrected chi connectivity index (χ0v) is 12.8. The van der Waals surface area contributed by atoms with E-state index in [0.717, 1.165) is 25.7 Å². The van der Waals surface area contributed by atoms with E-state index in [-0.39, 0.29) is 11.9 Å². The highest BCUT2D eigenvalue weighted by molar-refractivity contribution is 5.70. The number of ether oxygens (including phenoxy) is 2. The van der Waals surface area contributed by atoms with E-state index in [1.807, 2.05) is 0 Å². The van der Waals surface area contributed by atoms with Crippen LogP contribution in [-0.2, 0) is 14.3 Å². The fourth-order valence-electron chi connectivity index (χ4n) is 4.54. The van der Waals surface area contributed by atoms with Crippen molar-refractivity contribution in [2.75, 3.05) is 0 Å². The second kappa shape index (κ2) is 6.83. The van der Waals surface area contributed by atoms with Gasteiger partial charge in [-0.15, -0.1) is 0 Å². The van der Waals surface area contributed by atoms with Gasteiger partial charge in [-0.3, -0.25) is 4.79 Å². The van der Waals surface area contributed by atoms with E-state index >= 15 is 0 Å². The van der Waals surface area contributed by atoms with Crippen LogP contribution in [-0.4, -0.2) is 40.2 Å². The van der Waals surface area contributed by atoms with Crippen LogP contribution in [0.25, 0.3) is 0 Å². The van der Waals surface area contributed by atoms with Gasteiger partial charge in [-0.25, -0.2) is 0 Å². The standard InChI is InChI=1S/C16H26O6/c17-13-5-11(6-14(18)21-13)9-1-2-10(4-3-9)12-7-15(19)22-16(20)8-12/h9-15,17-19H,1-8H2.